The van der Waals surface area contributed by atoms with Crippen molar-refractivity contribution < 1.29 is 14.3 Å². The smallest absolute Gasteiger partial charge is 0.258 e. The first-order valence-corrected chi connectivity index (χ1v) is 7.42. The van der Waals surface area contributed by atoms with Gasteiger partial charge in [-0.15, -0.1) is 0 Å². The number of amides is 1. The monoisotopic (exact) mass is 299 g/mol. The van der Waals surface area contributed by atoms with Crippen LogP contribution in [0.5, 0.6) is 17.2 Å². The molecule has 1 amide bonds. The van der Waals surface area contributed by atoms with Crippen LogP contribution < -0.4 is 14.8 Å². The number of benzene rings is 2. The van der Waals surface area contributed by atoms with Crippen molar-refractivity contribution >= 4 is 5.91 Å². The average Bonchev–Trinajstić information content (AvgIpc) is 2.55. The fraction of sp³-hybridized carbons (Fsp3) is 0.278. The molecule has 22 heavy (non-hydrogen) atoms. The van der Waals surface area contributed by atoms with Gasteiger partial charge in [0, 0.05) is 6.04 Å². The Labute approximate surface area is 131 Å². The summed E-state index contributed by atoms with van der Waals surface area (Å²) in [5, 5.41) is 2.86. The number of hydrogen-bond acceptors (Lipinski definition) is 3. The Morgan fingerprint density at radius 1 is 1.00 bits per heavy atom. The number of carbonyl (C=O) groups is 1. The van der Waals surface area contributed by atoms with E-state index in [0.717, 1.165) is 17.9 Å². The summed E-state index contributed by atoms with van der Waals surface area (Å²) in [5.41, 5.74) is 0. The fourth-order valence-corrected chi connectivity index (χ4v) is 1.80. The average molecular weight is 299 g/mol. The van der Waals surface area contributed by atoms with Crippen LogP contribution in [0.4, 0.5) is 0 Å². The molecule has 0 bridgehead atoms. The molecule has 2 aromatic rings. The molecule has 0 fully saturated rings. The van der Waals surface area contributed by atoms with E-state index >= 15 is 0 Å². The zero-order valence-electron chi connectivity index (χ0n) is 12.9. The molecule has 1 N–H and O–H groups in total. The maximum atomic E-state index is 11.6. The Bertz CT molecular complexity index is 581. The lowest BCUT2D eigenvalue weighted by Gasteiger charge is -2.12. The van der Waals surface area contributed by atoms with Gasteiger partial charge in [-0.25, -0.2) is 0 Å². The summed E-state index contributed by atoms with van der Waals surface area (Å²) in [5.74, 6) is 2.03. The minimum Gasteiger partial charge on any atom is -0.484 e. The topological polar surface area (TPSA) is 47.6 Å². The molecule has 0 aromatic heterocycles. The highest BCUT2D eigenvalue weighted by molar-refractivity contribution is 5.77. The van der Waals surface area contributed by atoms with Crippen molar-refractivity contribution in [2.24, 2.45) is 0 Å². The van der Waals surface area contributed by atoms with Gasteiger partial charge < -0.3 is 14.8 Å². The summed E-state index contributed by atoms with van der Waals surface area (Å²) in [7, 11) is 0. The first kappa shape index (κ1) is 15.9. The lowest BCUT2D eigenvalue weighted by atomic mass is 10.2. The molecule has 1 atom stereocenters. The lowest BCUT2D eigenvalue weighted by Crippen LogP contribution is -2.35. The number of rotatable bonds is 7. The van der Waals surface area contributed by atoms with Crippen LogP contribution in [0.1, 0.15) is 20.3 Å². The highest BCUT2D eigenvalue weighted by atomic mass is 16.5. The Kier molecular flexibility index (Phi) is 5.83. The van der Waals surface area contributed by atoms with Crippen molar-refractivity contribution in [1.82, 2.24) is 5.32 Å². The second-order valence-electron chi connectivity index (χ2n) is 5.05. The minimum atomic E-state index is -0.112. The molecule has 4 nitrogen and oxygen atoms in total. The predicted molar refractivity (Wildman–Crippen MR) is 86.3 cm³/mol. The van der Waals surface area contributed by atoms with Crippen LogP contribution in [-0.4, -0.2) is 18.6 Å². The van der Waals surface area contributed by atoms with Crippen molar-refractivity contribution in [3.63, 3.8) is 0 Å². The normalized spacial score (nSPS) is 11.5. The lowest BCUT2D eigenvalue weighted by molar-refractivity contribution is -0.123. The van der Waals surface area contributed by atoms with Gasteiger partial charge in [-0.1, -0.05) is 25.1 Å². The van der Waals surface area contributed by atoms with Crippen LogP contribution in [-0.2, 0) is 4.79 Å². The van der Waals surface area contributed by atoms with Crippen molar-refractivity contribution in [3.8, 4) is 17.2 Å². The molecule has 0 heterocycles. The van der Waals surface area contributed by atoms with Crippen LogP contribution in [0.3, 0.4) is 0 Å². The second kappa shape index (κ2) is 8.08. The molecule has 0 spiro atoms. The fourth-order valence-electron chi connectivity index (χ4n) is 1.80. The molecule has 0 aliphatic carbocycles. The summed E-state index contributed by atoms with van der Waals surface area (Å²) in [6, 6.07) is 16.9. The molecule has 0 saturated heterocycles. The van der Waals surface area contributed by atoms with Gasteiger partial charge in [-0.3, -0.25) is 4.79 Å². The summed E-state index contributed by atoms with van der Waals surface area (Å²) in [6.07, 6.45) is 0.900. The molecular formula is C18H21NO3. The number of carbonyl (C=O) groups excluding carboxylic acids is 1. The highest BCUT2D eigenvalue weighted by Crippen LogP contribution is 2.23. The van der Waals surface area contributed by atoms with Gasteiger partial charge in [0.25, 0.3) is 5.91 Å². The van der Waals surface area contributed by atoms with E-state index in [9.17, 15) is 4.79 Å². The maximum absolute atomic E-state index is 11.6. The van der Waals surface area contributed by atoms with Crippen molar-refractivity contribution in [2.45, 2.75) is 26.3 Å². The van der Waals surface area contributed by atoms with Gasteiger partial charge in [-0.05, 0) is 49.7 Å². The third-order valence-electron chi connectivity index (χ3n) is 3.19. The molecule has 0 radical (unpaired) electrons. The molecule has 0 unspecified atom stereocenters. The van der Waals surface area contributed by atoms with Gasteiger partial charge in [0.1, 0.15) is 17.2 Å². The number of nitrogens with one attached hydrogen (secondary N) is 1. The molecule has 2 aromatic carbocycles. The summed E-state index contributed by atoms with van der Waals surface area (Å²) >= 11 is 0. The van der Waals surface area contributed by atoms with Gasteiger partial charge in [0.05, 0.1) is 0 Å². The maximum Gasteiger partial charge on any atom is 0.258 e. The zero-order valence-corrected chi connectivity index (χ0v) is 12.9. The second-order valence-corrected chi connectivity index (χ2v) is 5.05. The van der Waals surface area contributed by atoms with Gasteiger partial charge in [0.2, 0.25) is 0 Å². The van der Waals surface area contributed by atoms with Crippen molar-refractivity contribution in [2.75, 3.05) is 6.61 Å². The zero-order chi connectivity index (χ0) is 15.8. The molecule has 0 aliphatic heterocycles. The third-order valence-corrected chi connectivity index (χ3v) is 3.19. The molecule has 2 rings (SSSR count). The van der Waals surface area contributed by atoms with E-state index in [1.807, 2.05) is 56.3 Å². The molecule has 116 valence electrons. The largest absolute Gasteiger partial charge is 0.484 e. The van der Waals surface area contributed by atoms with Crippen molar-refractivity contribution in [3.05, 3.63) is 54.6 Å². The Balaban J connectivity index is 1.83. The van der Waals surface area contributed by atoms with Crippen LogP contribution in [0.25, 0.3) is 0 Å². The van der Waals surface area contributed by atoms with E-state index in [4.69, 9.17) is 9.47 Å². The van der Waals surface area contributed by atoms with Crippen LogP contribution in [0, 0.1) is 0 Å². The first-order chi connectivity index (χ1) is 10.7. The van der Waals surface area contributed by atoms with Gasteiger partial charge in [0.15, 0.2) is 6.61 Å². The number of ether oxygens (including phenoxy) is 2. The quantitative estimate of drug-likeness (QED) is 0.846. The van der Waals surface area contributed by atoms with Gasteiger partial charge in [-0.2, -0.15) is 0 Å². The summed E-state index contributed by atoms with van der Waals surface area (Å²) in [4.78, 5) is 11.6. The van der Waals surface area contributed by atoms with E-state index in [-0.39, 0.29) is 18.6 Å². The standard InChI is InChI=1S/C18H21NO3/c1-3-14(2)19-18(20)13-21-15-9-11-17(12-10-15)22-16-7-5-4-6-8-16/h4-12,14H,3,13H2,1-2H3,(H,19,20)/t14-/m0/s1. The van der Waals surface area contributed by atoms with E-state index in [1.165, 1.54) is 0 Å². The van der Waals surface area contributed by atoms with Gasteiger partial charge >= 0.3 is 0 Å². The van der Waals surface area contributed by atoms with E-state index in [0.29, 0.717) is 5.75 Å². The predicted octanol–water partition coefficient (Wildman–Crippen LogP) is 3.77. The Morgan fingerprint density at radius 2 is 1.59 bits per heavy atom. The third kappa shape index (κ3) is 5.13. The summed E-state index contributed by atoms with van der Waals surface area (Å²) in [6.45, 7) is 4.01. The first-order valence-electron chi connectivity index (χ1n) is 7.42. The SMILES string of the molecule is CC[C@H](C)NC(=O)COc1ccc(Oc2ccccc2)cc1. The van der Waals surface area contributed by atoms with Crippen LogP contribution in [0.2, 0.25) is 0 Å². The van der Waals surface area contributed by atoms with Crippen LogP contribution in [0.15, 0.2) is 54.6 Å². The molecule has 4 heteroatoms. The van der Waals surface area contributed by atoms with Crippen LogP contribution >= 0.6 is 0 Å². The number of para-hydroxylation sites is 1. The molecule has 0 aliphatic rings. The Morgan fingerprint density at radius 3 is 2.23 bits per heavy atom. The molecule has 0 saturated carbocycles. The van der Waals surface area contributed by atoms with E-state index in [2.05, 4.69) is 5.32 Å². The highest BCUT2D eigenvalue weighted by Gasteiger charge is 2.06. The Hall–Kier alpha value is -2.49. The van der Waals surface area contributed by atoms with E-state index in [1.54, 1.807) is 12.1 Å². The van der Waals surface area contributed by atoms with E-state index < -0.39 is 0 Å². The minimum absolute atomic E-state index is 0.0171. The molecular weight excluding hydrogens is 278 g/mol. The summed E-state index contributed by atoms with van der Waals surface area (Å²) < 4.78 is 11.1. The van der Waals surface area contributed by atoms with Crippen molar-refractivity contribution in [1.29, 1.82) is 0 Å². The number of hydrogen-bond donors (Lipinski definition) is 1.